The molecule has 0 aromatic heterocycles. The van der Waals surface area contributed by atoms with Gasteiger partial charge in [0.2, 0.25) is 0 Å². The van der Waals surface area contributed by atoms with E-state index >= 15 is 0 Å². The fourth-order valence-electron chi connectivity index (χ4n) is 3.42. The Morgan fingerprint density at radius 2 is 1.21 bits per heavy atom. The van der Waals surface area contributed by atoms with Gasteiger partial charge in [-0.05, 0) is 40.5 Å². The lowest BCUT2D eigenvalue weighted by Gasteiger charge is -2.12. The molecule has 12 nitrogen and oxygen atoms in total. The third kappa shape index (κ3) is 9.09. The molecule has 0 spiro atoms. The molecule has 0 aliphatic rings. The molecular weight excluding hydrogens is 520 g/mol. The summed E-state index contributed by atoms with van der Waals surface area (Å²) < 4.78 is 10.9. The average Bonchev–Trinajstić information content (AvgIpc) is 2.87. The molecule has 3 aromatic rings. The van der Waals surface area contributed by atoms with Crippen molar-refractivity contribution < 1.29 is 38.9 Å². The number of hydrogen-bond donors (Lipinski definition) is 1. The first-order valence-corrected chi connectivity index (χ1v) is 11.7. The van der Waals surface area contributed by atoms with E-state index in [1.54, 1.807) is 48.5 Å². The van der Waals surface area contributed by atoms with Crippen LogP contribution in [0.15, 0.2) is 66.7 Å². The topological polar surface area (TPSA) is 157 Å². The van der Waals surface area contributed by atoms with Gasteiger partial charge in [-0.15, -0.1) is 20.2 Å². The van der Waals surface area contributed by atoms with Gasteiger partial charge in [0.25, 0.3) is 10.2 Å². The highest BCUT2D eigenvalue weighted by Crippen LogP contribution is 2.27. The lowest BCUT2D eigenvalue weighted by Crippen LogP contribution is -2.14. The molecule has 3 rings (SSSR count). The molecule has 0 fully saturated rings. The minimum Gasteiger partial charge on any atom is -0.426 e. The van der Waals surface area contributed by atoms with Gasteiger partial charge in [0.05, 0.1) is 12.8 Å². The van der Waals surface area contributed by atoms with Crippen molar-refractivity contribution in [1.82, 2.24) is 0 Å². The van der Waals surface area contributed by atoms with E-state index in [1.807, 2.05) is 0 Å². The second-order valence-corrected chi connectivity index (χ2v) is 8.18. The van der Waals surface area contributed by atoms with Gasteiger partial charge >= 0.3 is 11.9 Å². The molecule has 38 heavy (non-hydrogen) atoms. The van der Waals surface area contributed by atoms with Crippen molar-refractivity contribution in [2.45, 2.75) is 31.8 Å². The summed E-state index contributed by atoms with van der Waals surface area (Å²) >= 11 is 4.26. The highest BCUT2D eigenvalue weighted by atomic mass is 32.1. The van der Waals surface area contributed by atoms with Crippen molar-refractivity contribution in [2.75, 3.05) is 0 Å². The van der Waals surface area contributed by atoms with Crippen molar-refractivity contribution in [1.29, 1.82) is 0 Å². The van der Waals surface area contributed by atoms with Crippen LogP contribution in [0.4, 0.5) is 0 Å². The van der Waals surface area contributed by atoms with Crippen LogP contribution >= 0.6 is 12.6 Å². The summed E-state index contributed by atoms with van der Waals surface area (Å²) in [6.07, 6.45) is -0.161. The molecule has 3 aromatic carbocycles. The highest BCUT2D eigenvalue weighted by molar-refractivity contribution is 7.79. The smallest absolute Gasteiger partial charge is 0.315 e. The van der Waals surface area contributed by atoms with Gasteiger partial charge in [-0.25, -0.2) is 0 Å². The maximum atomic E-state index is 12.5. The SMILES string of the molecule is O=C(Cc1cccc(CO[N+](=O)[O-])c1)Oc1ccc(OC(=O)Cc2cccc(CO[N+](=O)[O-])c2)c(CS)c1. The zero-order valence-corrected chi connectivity index (χ0v) is 20.7. The predicted molar refractivity (Wildman–Crippen MR) is 134 cm³/mol. The molecule has 198 valence electrons. The van der Waals surface area contributed by atoms with Gasteiger partial charge in [0.1, 0.15) is 24.7 Å². The predicted octanol–water partition coefficient (Wildman–Crippen LogP) is 3.83. The van der Waals surface area contributed by atoms with Crippen molar-refractivity contribution in [3.63, 3.8) is 0 Å². The molecule has 0 aliphatic carbocycles. The molecule has 0 saturated heterocycles. The van der Waals surface area contributed by atoms with Crippen LogP contribution in [0.5, 0.6) is 11.5 Å². The van der Waals surface area contributed by atoms with Crippen LogP contribution in [0.3, 0.4) is 0 Å². The fraction of sp³-hybridized carbons (Fsp3) is 0.200. The van der Waals surface area contributed by atoms with Crippen LogP contribution in [-0.4, -0.2) is 22.1 Å². The zero-order chi connectivity index (χ0) is 27.5. The molecule has 0 heterocycles. The minimum absolute atomic E-state index is 0.0784. The van der Waals surface area contributed by atoms with E-state index in [9.17, 15) is 29.8 Å². The summed E-state index contributed by atoms with van der Waals surface area (Å²) in [6.45, 7) is -0.468. The van der Waals surface area contributed by atoms with E-state index < -0.39 is 22.1 Å². The number of benzene rings is 3. The summed E-state index contributed by atoms with van der Waals surface area (Å²) in [5.41, 5.74) is 2.76. The molecule has 0 aliphatic heterocycles. The standard InChI is InChI=1S/C25H22N2O10S/c28-24(11-17-3-1-5-19(9-17)14-34-26(30)31)36-22-7-8-23(21(13-22)16-38)37-25(29)12-18-4-2-6-20(10-18)15-35-27(32)33/h1-10,13,38H,11-12,14-16H2. The van der Waals surface area contributed by atoms with Gasteiger partial charge in [0.15, 0.2) is 0 Å². The van der Waals surface area contributed by atoms with Crippen molar-refractivity contribution >= 4 is 24.6 Å². The first-order chi connectivity index (χ1) is 18.2. The molecule has 0 unspecified atom stereocenters. The van der Waals surface area contributed by atoms with E-state index in [0.29, 0.717) is 27.8 Å². The van der Waals surface area contributed by atoms with E-state index in [4.69, 9.17) is 9.47 Å². The van der Waals surface area contributed by atoms with Crippen molar-refractivity contribution in [3.8, 4) is 11.5 Å². The Morgan fingerprint density at radius 1 is 0.711 bits per heavy atom. The Bertz CT molecular complexity index is 1330. The maximum Gasteiger partial charge on any atom is 0.315 e. The van der Waals surface area contributed by atoms with Crippen LogP contribution in [-0.2, 0) is 51.1 Å². The number of carbonyl (C=O) groups excluding carboxylic acids is 2. The maximum absolute atomic E-state index is 12.5. The monoisotopic (exact) mass is 542 g/mol. The first kappa shape index (κ1) is 27.9. The minimum atomic E-state index is -0.893. The molecule has 0 bridgehead atoms. The Labute approximate surface area is 221 Å². The summed E-state index contributed by atoms with van der Waals surface area (Å²) in [7, 11) is 0. The van der Waals surface area contributed by atoms with E-state index in [0.717, 1.165) is 0 Å². The molecule has 13 heteroatoms. The first-order valence-electron chi connectivity index (χ1n) is 11.1. The summed E-state index contributed by atoms with van der Waals surface area (Å²) in [5, 5.41) is 18.9. The lowest BCUT2D eigenvalue weighted by atomic mass is 10.1. The molecule has 0 amide bonds. The largest absolute Gasteiger partial charge is 0.426 e. The van der Waals surface area contributed by atoms with Crippen LogP contribution in [0, 0.1) is 20.2 Å². The van der Waals surface area contributed by atoms with Gasteiger partial charge in [-0.3, -0.25) is 9.59 Å². The average molecular weight is 543 g/mol. The Morgan fingerprint density at radius 3 is 1.71 bits per heavy atom. The van der Waals surface area contributed by atoms with Crippen LogP contribution < -0.4 is 9.47 Å². The number of rotatable bonds is 13. The van der Waals surface area contributed by atoms with E-state index in [-0.39, 0.29) is 43.3 Å². The number of thiol groups is 1. The van der Waals surface area contributed by atoms with Crippen LogP contribution in [0.25, 0.3) is 0 Å². The van der Waals surface area contributed by atoms with E-state index in [2.05, 4.69) is 22.3 Å². The van der Waals surface area contributed by atoms with Gasteiger partial charge in [-0.2, -0.15) is 12.6 Å². The van der Waals surface area contributed by atoms with E-state index in [1.165, 1.54) is 18.2 Å². The van der Waals surface area contributed by atoms with Gasteiger partial charge in [-0.1, -0.05) is 48.5 Å². The number of carbonyl (C=O) groups is 2. The second-order valence-electron chi connectivity index (χ2n) is 7.86. The molecule has 0 atom stereocenters. The quantitative estimate of drug-likeness (QED) is 0.111. The number of hydrogen-bond acceptors (Lipinski definition) is 11. The number of nitrogens with zero attached hydrogens (tertiary/aromatic N) is 2. The molecule has 0 radical (unpaired) electrons. The molecule has 0 saturated carbocycles. The molecular formula is C25H22N2O10S. The fourth-order valence-corrected chi connectivity index (χ4v) is 3.66. The molecule has 0 N–H and O–H groups in total. The normalized spacial score (nSPS) is 10.3. The number of ether oxygens (including phenoxy) is 2. The highest BCUT2D eigenvalue weighted by Gasteiger charge is 2.14. The van der Waals surface area contributed by atoms with Crippen molar-refractivity contribution in [3.05, 3.63) is 115 Å². The summed E-state index contributed by atoms with van der Waals surface area (Å²) in [4.78, 5) is 54.3. The van der Waals surface area contributed by atoms with Crippen LogP contribution in [0.1, 0.15) is 27.8 Å². The summed E-state index contributed by atoms with van der Waals surface area (Å²) in [6, 6.07) is 17.7. The lowest BCUT2D eigenvalue weighted by molar-refractivity contribution is -0.763. The summed E-state index contributed by atoms with van der Waals surface area (Å²) in [5.74, 6) is -0.458. The Kier molecular flexibility index (Phi) is 10.00. The Hall–Kier alpha value is -4.65. The third-order valence-corrected chi connectivity index (χ3v) is 5.35. The second kappa shape index (κ2) is 13.6. The zero-order valence-electron chi connectivity index (χ0n) is 19.8. The Balaban J connectivity index is 1.58. The third-order valence-electron chi connectivity index (χ3n) is 5.01. The van der Waals surface area contributed by atoms with Crippen molar-refractivity contribution in [2.24, 2.45) is 0 Å². The van der Waals surface area contributed by atoms with Gasteiger partial charge in [0, 0.05) is 11.3 Å². The van der Waals surface area contributed by atoms with Crippen LogP contribution in [0.2, 0.25) is 0 Å². The number of esters is 2. The van der Waals surface area contributed by atoms with Gasteiger partial charge < -0.3 is 19.1 Å².